The second-order valence-electron chi connectivity index (χ2n) is 8.27. The standard InChI is InChI=1S/C26H29N7S/c1-16-8-7-11-22(19(16)4)31-26(34)33-24(32-25-29-17(2)14-18(3)30-25)27-13-12-20-15-28-23-10-6-5-9-21(20)23/h5-11,14-15,28H,12-13H2,1-4H3,(H3,27,29,30,31,32,33,34). The highest BCUT2D eigenvalue weighted by molar-refractivity contribution is 7.80. The molecule has 34 heavy (non-hydrogen) atoms. The van der Waals surface area contributed by atoms with Gasteiger partial charge in [-0.2, -0.15) is 0 Å². The quantitative estimate of drug-likeness (QED) is 0.182. The summed E-state index contributed by atoms with van der Waals surface area (Å²) in [6.07, 6.45) is 2.82. The van der Waals surface area contributed by atoms with Crippen molar-refractivity contribution in [2.24, 2.45) is 4.99 Å². The predicted octanol–water partition coefficient (Wildman–Crippen LogP) is 5.19. The van der Waals surface area contributed by atoms with E-state index in [2.05, 4.69) is 62.9 Å². The van der Waals surface area contributed by atoms with E-state index in [4.69, 9.17) is 17.2 Å². The Balaban J connectivity index is 1.51. The van der Waals surface area contributed by atoms with Crippen LogP contribution in [0, 0.1) is 27.7 Å². The Morgan fingerprint density at radius 2 is 1.74 bits per heavy atom. The molecule has 0 fully saturated rings. The van der Waals surface area contributed by atoms with Crippen molar-refractivity contribution >= 4 is 45.8 Å². The third-order valence-electron chi connectivity index (χ3n) is 5.62. The number of nitrogens with zero attached hydrogens (tertiary/aromatic N) is 3. The summed E-state index contributed by atoms with van der Waals surface area (Å²) in [6.45, 7) is 8.58. The van der Waals surface area contributed by atoms with E-state index in [0.29, 0.717) is 23.6 Å². The van der Waals surface area contributed by atoms with Crippen LogP contribution in [0.5, 0.6) is 0 Å². The molecule has 4 aromatic rings. The summed E-state index contributed by atoms with van der Waals surface area (Å²) in [7, 11) is 0. The number of benzene rings is 2. The number of rotatable bonds is 5. The van der Waals surface area contributed by atoms with Crippen LogP contribution in [0.4, 0.5) is 11.6 Å². The number of aromatic nitrogens is 3. The molecule has 7 nitrogen and oxygen atoms in total. The molecular weight excluding hydrogens is 442 g/mol. The number of hydrogen-bond donors (Lipinski definition) is 4. The molecule has 0 spiro atoms. The number of H-pyrrole nitrogens is 1. The van der Waals surface area contributed by atoms with Crippen LogP contribution in [-0.4, -0.2) is 32.6 Å². The molecule has 0 aliphatic heterocycles. The first-order chi connectivity index (χ1) is 16.4. The maximum absolute atomic E-state index is 5.59. The van der Waals surface area contributed by atoms with Crippen LogP contribution in [0.3, 0.4) is 0 Å². The highest BCUT2D eigenvalue weighted by Crippen LogP contribution is 2.19. The van der Waals surface area contributed by atoms with Crippen molar-refractivity contribution in [1.29, 1.82) is 0 Å². The Morgan fingerprint density at radius 1 is 0.971 bits per heavy atom. The summed E-state index contributed by atoms with van der Waals surface area (Å²) in [5.74, 6) is 0.970. The molecule has 0 saturated carbocycles. The zero-order chi connectivity index (χ0) is 24.1. The number of guanidine groups is 1. The maximum Gasteiger partial charge on any atom is 0.229 e. The Morgan fingerprint density at radius 3 is 2.53 bits per heavy atom. The van der Waals surface area contributed by atoms with Crippen LogP contribution >= 0.6 is 12.2 Å². The van der Waals surface area contributed by atoms with Crippen molar-refractivity contribution in [1.82, 2.24) is 20.3 Å². The van der Waals surface area contributed by atoms with Gasteiger partial charge in [0.1, 0.15) is 0 Å². The van der Waals surface area contributed by atoms with Gasteiger partial charge >= 0.3 is 0 Å². The summed E-state index contributed by atoms with van der Waals surface area (Å²) in [5.41, 5.74) is 7.40. The number of anilines is 2. The lowest BCUT2D eigenvalue weighted by Gasteiger charge is -2.16. The fourth-order valence-electron chi connectivity index (χ4n) is 3.77. The zero-order valence-electron chi connectivity index (χ0n) is 19.9. The average molecular weight is 472 g/mol. The Labute approximate surface area is 205 Å². The van der Waals surface area contributed by atoms with Gasteiger partial charge in [0.25, 0.3) is 0 Å². The number of thiocarbonyl (C=S) groups is 1. The molecule has 174 valence electrons. The van der Waals surface area contributed by atoms with Crippen LogP contribution in [-0.2, 0) is 6.42 Å². The van der Waals surface area contributed by atoms with Crippen molar-refractivity contribution < 1.29 is 0 Å². The smallest absolute Gasteiger partial charge is 0.229 e. The molecular formula is C26H29N7S. The van der Waals surface area contributed by atoms with Crippen LogP contribution < -0.4 is 16.0 Å². The van der Waals surface area contributed by atoms with Gasteiger partial charge in [0.2, 0.25) is 11.9 Å². The minimum atomic E-state index is 0.441. The molecule has 2 heterocycles. The van der Waals surface area contributed by atoms with Gasteiger partial charge < -0.3 is 15.6 Å². The molecule has 4 rings (SSSR count). The first-order valence-corrected chi connectivity index (χ1v) is 11.6. The number of nitrogens with one attached hydrogen (secondary N) is 4. The van der Waals surface area contributed by atoms with Gasteiger partial charge in [-0.3, -0.25) is 10.3 Å². The molecule has 0 bridgehead atoms. The SMILES string of the molecule is Cc1cc(C)nc(NC(=NCCc2c[nH]c3ccccc23)NC(=S)Nc2cccc(C)c2C)n1. The van der Waals surface area contributed by atoms with E-state index < -0.39 is 0 Å². The van der Waals surface area contributed by atoms with Crippen molar-refractivity contribution in [3.05, 3.63) is 82.8 Å². The van der Waals surface area contributed by atoms with Crippen molar-refractivity contribution in [3.8, 4) is 0 Å². The second kappa shape index (κ2) is 10.4. The minimum absolute atomic E-state index is 0.441. The monoisotopic (exact) mass is 471 g/mol. The van der Waals surface area contributed by atoms with Crippen molar-refractivity contribution in [3.63, 3.8) is 0 Å². The summed E-state index contributed by atoms with van der Waals surface area (Å²) < 4.78 is 0. The molecule has 2 aromatic carbocycles. The molecule has 8 heteroatoms. The van der Waals surface area contributed by atoms with E-state index in [0.717, 1.165) is 34.6 Å². The fraction of sp³-hybridized carbons (Fsp3) is 0.231. The zero-order valence-corrected chi connectivity index (χ0v) is 20.7. The lowest BCUT2D eigenvalue weighted by atomic mass is 10.1. The van der Waals surface area contributed by atoms with Crippen LogP contribution in [0.2, 0.25) is 0 Å². The Hall–Kier alpha value is -3.78. The molecule has 0 unspecified atom stereocenters. The molecule has 0 aliphatic rings. The number of aliphatic imine (C=N–C) groups is 1. The molecule has 0 saturated heterocycles. The van der Waals surface area contributed by atoms with E-state index in [9.17, 15) is 0 Å². The molecule has 0 aliphatic carbocycles. The normalized spacial score (nSPS) is 11.5. The van der Waals surface area contributed by atoms with Gasteiger partial charge in [-0.1, -0.05) is 30.3 Å². The highest BCUT2D eigenvalue weighted by Gasteiger charge is 2.09. The number of hydrogen-bond acceptors (Lipinski definition) is 4. The first-order valence-electron chi connectivity index (χ1n) is 11.2. The third-order valence-corrected chi connectivity index (χ3v) is 5.83. The number of aromatic amines is 1. The topological polar surface area (TPSA) is 90.0 Å². The molecule has 4 N–H and O–H groups in total. The average Bonchev–Trinajstić information content (AvgIpc) is 3.19. The van der Waals surface area contributed by atoms with E-state index in [1.165, 1.54) is 16.5 Å². The second-order valence-corrected chi connectivity index (χ2v) is 8.67. The Kier molecular flexibility index (Phi) is 7.18. The Bertz CT molecular complexity index is 1340. The van der Waals surface area contributed by atoms with Crippen LogP contribution in [0.25, 0.3) is 10.9 Å². The van der Waals surface area contributed by atoms with Crippen LogP contribution in [0.15, 0.2) is 59.7 Å². The van der Waals surface area contributed by atoms with Crippen LogP contribution in [0.1, 0.15) is 28.1 Å². The van der Waals surface area contributed by atoms with Gasteiger partial charge in [0.15, 0.2) is 5.11 Å². The van der Waals surface area contributed by atoms with Gasteiger partial charge in [-0.25, -0.2) is 9.97 Å². The lowest BCUT2D eigenvalue weighted by Crippen LogP contribution is -2.39. The van der Waals surface area contributed by atoms with Gasteiger partial charge in [-0.15, -0.1) is 0 Å². The van der Waals surface area contributed by atoms with Gasteiger partial charge in [0.05, 0.1) is 0 Å². The van der Waals surface area contributed by atoms with Crippen molar-refractivity contribution in [2.45, 2.75) is 34.1 Å². The molecule has 0 radical (unpaired) electrons. The predicted molar refractivity (Wildman–Crippen MR) is 145 cm³/mol. The number of aryl methyl sites for hydroxylation is 3. The molecule has 2 aromatic heterocycles. The van der Waals surface area contributed by atoms with E-state index >= 15 is 0 Å². The van der Waals surface area contributed by atoms with Gasteiger partial charge in [-0.05, 0) is 81.2 Å². The summed E-state index contributed by atoms with van der Waals surface area (Å²) >= 11 is 5.59. The lowest BCUT2D eigenvalue weighted by molar-refractivity contribution is 0.963. The third kappa shape index (κ3) is 5.77. The van der Waals surface area contributed by atoms with E-state index in [1.54, 1.807) is 0 Å². The number of para-hydroxylation sites is 1. The van der Waals surface area contributed by atoms with E-state index in [-0.39, 0.29) is 0 Å². The summed E-state index contributed by atoms with van der Waals surface area (Å²) in [5, 5.41) is 11.3. The maximum atomic E-state index is 5.59. The first kappa shape index (κ1) is 23.4. The van der Waals surface area contributed by atoms with Gasteiger partial charge in [0, 0.05) is 40.7 Å². The van der Waals surface area contributed by atoms with Crippen molar-refractivity contribution in [2.75, 3.05) is 17.2 Å². The number of fused-ring (bicyclic) bond motifs is 1. The molecule has 0 atom stereocenters. The fourth-order valence-corrected chi connectivity index (χ4v) is 3.98. The van der Waals surface area contributed by atoms with E-state index in [1.807, 2.05) is 50.4 Å². The minimum Gasteiger partial charge on any atom is -0.361 e. The summed E-state index contributed by atoms with van der Waals surface area (Å²) in [4.78, 5) is 17.0. The molecule has 0 amide bonds. The highest BCUT2D eigenvalue weighted by atomic mass is 32.1. The largest absolute Gasteiger partial charge is 0.361 e. The summed E-state index contributed by atoms with van der Waals surface area (Å²) in [6, 6.07) is 16.3.